The Bertz CT molecular complexity index is 580. The topological polar surface area (TPSA) is 108 Å². The highest BCUT2D eigenvalue weighted by atomic mass is 16.4. The van der Waals surface area contributed by atoms with E-state index < -0.39 is 11.9 Å². The van der Waals surface area contributed by atoms with Gasteiger partial charge < -0.3 is 10.4 Å². The summed E-state index contributed by atoms with van der Waals surface area (Å²) in [6.45, 7) is 0. The summed E-state index contributed by atoms with van der Waals surface area (Å²) in [4.78, 5) is 26.1. The number of aromatic nitrogens is 3. The van der Waals surface area contributed by atoms with Crippen molar-refractivity contribution in [3.05, 3.63) is 42.0 Å². The number of carboxylic acids is 1. The molecule has 98 valence electrons. The number of aryl methyl sites for hydroxylation is 1. The van der Waals surface area contributed by atoms with Gasteiger partial charge in [-0.2, -0.15) is 5.10 Å². The highest BCUT2D eigenvalue weighted by Crippen LogP contribution is 2.17. The van der Waals surface area contributed by atoms with Crippen molar-refractivity contribution in [2.24, 2.45) is 0 Å². The molecule has 2 rings (SSSR count). The molecule has 0 unspecified atom stereocenters. The van der Waals surface area contributed by atoms with Gasteiger partial charge in [0.25, 0.3) is 5.91 Å². The van der Waals surface area contributed by atoms with E-state index in [1.165, 1.54) is 6.33 Å². The van der Waals surface area contributed by atoms with E-state index in [0.29, 0.717) is 12.1 Å². The molecule has 0 radical (unpaired) electrons. The molecule has 2 aromatic rings. The zero-order valence-electron chi connectivity index (χ0n) is 9.96. The molecule has 0 aliphatic carbocycles. The highest BCUT2D eigenvalue weighted by Gasteiger charge is 2.11. The minimum Gasteiger partial charge on any atom is -0.481 e. The Morgan fingerprint density at radius 3 is 2.79 bits per heavy atom. The molecule has 7 nitrogen and oxygen atoms in total. The second kappa shape index (κ2) is 5.76. The van der Waals surface area contributed by atoms with Crippen LogP contribution in [0.3, 0.4) is 0 Å². The molecule has 1 heterocycles. The Morgan fingerprint density at radius 2 is 2.11 bits per heavy atom. The van der Waals surface area contributed by atoms with Gasteiger partial charge in [0.15, 0.2) is 0 Å². The monoisotopic (exact) mass is 260 g/mol. The van der Waals surface area contributed by atoms with Gasteiger partial charge in [-0.3, -0.25) is 14.7 Å². The third-order valence-corrected chi connectivity index (χ3v) is 2.50. The zero-order valence-corrected chi connectivity index (χ0v) is 9.96. The summed E-state index contributed by atoms with van der Waals surface area (Å²) < 4.78 is 0. The molecule has 0 bridgehead atoms. The fourth-order valence-corrected chi connectivity index (χ4v) is 1.60. The maximum Gasteiger partial charge on any atom is 0.303 e. The number of aliphatic carboxylic acids is 1. The van der Waals surface area contributed by atoms with Crippen LogP contribution in [0.5, 0.6) is 0 Å². The lowest BCUT2D eigenvalue weighted by Crippen LogP contribution is -2.15. The molecule has 0 atom stereocenters. The lowest BCUT2D eigenvalue weighted by atomic mass is 10.1. The van der Waals surface area contributed by atoms with Gasteiger partial charge in [-0.15, -0.1) is 0 Å². The maximum absolute atomic E-state index is 11.8. The number of nitrogens with one attached hydrogen (secondary N) is 2. The van der Waals surface area contributed by atoms with Crippen LogP contribution in [0.15, 0.2) is 30.6 Å². The van der Waals surface area contributed by atoms with Crippen LogP contribution in [0, 0.1) is 0 Å². The van der Waals surface area contributed by atoms with Crippen LogP contribution in [0.2, 0.25) is 0 Å². The number of H-pyrrole nitrogens is 1. The number of carboxylic acid groups (broad SMARTS) is 1. The highest BCUT2D eigenvalue weighted by molar-refractivity contribution is 6.01. The Balaban J connectivity index is 2.11. The van der Waals surface area contributed by atoms with E-state index in [2.05, 4.69) is 20.5 Å². The number of benzene rings is 1. The molecule has 0 aliphatic rings. The van der Waals surface area contributed by atoms with Crippen LogP contribution in [0.1, 0.15) is 22.6 Å². The summed E-state index contributed by atoms with van der Waals surface area (Å²) in [5.74, 6) is -1.19. The molecular formula is C12H12N4O3. The summed E-state index contributed by atoms with van der Waals surface area (Å²) in [6, 6.07) is 7.05. The molecule has 0 spiro atoms. The number of rotatable bonds is 5. The number of hydrogen-bond acceptors (Lipinski definition) is 4. The quantitative estimate of drug-likeness (QED) is 0.745. The Labute approximate surface area is 108 Å². The molecule has 7 heteroatoms. The van der Waals surface area contributed by atoms with Gasteiger partial charge in [0.05, 0.1) is 0 Å². The molecule has 3 N–H and O–H groups in total. The Kier molecular flexibility index (Phi) is 3.87. The summed E-state index contributed by atoms with van der Waals surface area (Å²) in [5.41, 5.74) is 1.34. The van der Waals surface area contributed by atoms with E-state index in [1.807, 2.05) is 0 Å². The Morgan fingerprint density at radius 1 is 1.32 bits per heavy atom. The van der Waals surface area contributed by atoms with Gasteiger partial charge in [-0.25, -0.2) is 4.98 Å². The third-order valence-electron chi connectivity index (χ3n) is 2.50. The van der Waals surface area contributed by atoms with E-state index >= 15 is 0 Å². The molecule has 0 aliphatic heterocycles. The van der Waals surface area contributed by atoms with Gasteiger partial charge in [0.2, 0.25) is 5.82 Å². The van der Waals surface area contributed by atoms with Crippen LogP contribution >= 0.6 is 0 Å². The number of hydrogen-bond donors (Lipinski definition) is 3. The van der Waals surface area contributed by atoms with Crippen molar-refractivity contribution in [1.82, 2.24) is 15.2 Å². The molecule has 1 aromatic heterocycles. The van der Waals surface area contributed by atoms with Crippen molar-refractivity contribution < 1.29 is 14.7 Å². The molecule has 0 fully saturated rings. The van der Waals surface area contributed by atoms with E-state index in [9.17, 15) is 9.59 Å². The number of aromatic amines is 1. The van der Waals surface area contributed by atoms with E-state index in [1.54, 1.807) is 24.3 Å². The number of carbonyl (C=O) groups excluding carboxylic acids is 1. The number of anilines is 1. The van der Waals surface area contributed by atoms with E-state index in [4.69, 9.17) is 5.11 Å². The average Bonchev–Trinajstić information content (AvgIpc) is 2.91. The van der Waals surface area contributed by atoms with Crippen molar-refractivity contribution >= 4 is 17.6 Å². The first-order valence-electron chi connectivity index (χ1n) is 5.63. The number of amides is 1. The number of carbonyl (C=O) groups is 2. The van der Waals surface area contributed by atoms with E-state index in [-0.39, 0.29) is 12.2 Å². The second-order valence-corrected chi connectivity index (χ2v) is 3.84. The van der Waals surface area contributed by atoms with Crippen LogP contribution in [-0.2, 0) is 11.2 Å². The third kappa shape index (κ3) is 3.38. The van der Waals surface area contributed by atoms with Crippen molar-refractivity contribution in [2.45, 2.75) is 12.8 Å². The summed E-state index contributed by atoms with van der Waals surface area (Å²) >= 11 is 0. The van der Waals surface area contributed by atoms with Gasteiger partial charge in [0.1, 0.15) is 6.33 Å². The minimum absolute atomic E-state index is 0.00912. The van der Waals surface area contributed by atoms with Crippen molar-refractivity contribution in [1.29, 1.82) is 0 Å². The molecule has 0 saturated heterocycles. The van der Waals surface area contributed by atoms with Crippen molar-refractivity contribution in [3.63, 3.8) is 0 Å². The molecular weight excluding hydrogens is 248 g/mol. The first-order valence-corrected chi connectivity index (χ1v) is 5.63. The fourth-order valence-electron chi connectivity index (χ4n) is 1.60. The summed E-state index contributed by atoms with van der Waals surface area (Å²) in [7, 11) is 0. The first kappa shape index (κ1) is 12.7. The van der Waals surface area contributed by atoms with Gasteiger partial charge in [-0.1, -0.05) is 18.2 Å². The standard InChI is InChI=1S/C12H12N4O3/c17-10(18)6-5-8-3-1-2-4-9(8)15-12(19)11-13-7-14-16-11/h1-4,7H,5-6H2,(H,15,19)(H,17,18)(H,13,14,16). The predicted molar refractivity (Wildman–Crippen MR) is 66.7 cm³/mol. The van der Waals surface area contributed by atoms with Gasteiger partial charge in [-0.05, 0) is 18.1 Å². The van der Waals surface area contributed by atoms with E-state index in [0.717, 1.165) is 5.56 Å². The van der Waals surface area contributed by atoms with Crippen LogP contribution in [0.4, 0.5) is 5.69 Å². The maximum atomic E-state index is 11.8. The molecule has 0 saturated carbocycles. The van der Waals surface area contributed by atoms with Crippen LogP contribution < -0.4 is 5.32 Å². The second-order valence-electron chi connectivity index (χ2n) is 3.84. The number of nitrogens with zero attached hydrogens (tertiary/aromatic N) is 2. The molecule has 19 heavy (non-hydrogen) atoms. The number of para-hydroxylation sites is 1. The summed E-state index contributed by atoms with van der Waals surface area (Å²) in [5, 5.41) is 17.4. The SMILES string of the molecule is O=C(O)CCc1ccccc1NC(=O)c1ncn[nH]1. The fraction of sp³-hybridized carbons (Fsp3) is 0.167. The van der Waals surface area contributed by atoms with Crippen molar-refractivity contribution in [2.75, 3.05) is 5.32 Å². The Hall–Kier alpha value is -2.70. The normalized spacial score (nSPS) is 10.1. The van der Waals surface area contributed by atoms with Gasteiger partial charge in [0, 0.05) is 12.1 Å². The molecule has 1 aromatic carbocycles. The lowest BCUT2D eigenvalue weighted by molar-refractivity contribution is -0.136. The molecule has 1 amide bonds. The zero-order chi connectivity index (χ0) is 13.7. The van der Waals surface area contributed by atoms with Crippen LogP contribution in [0.25, 0.3) is 0 Å². The minimum atomic E-state index is -0.878. The first-order chi connectivity index (χ1) is 9.16. The average molecular weight is 260 g/mol. The summed E-state index contributed by atoms with van der Waals surface area (Å²) in [6.07, 6.45) is 1.60. The lowest BCUT2D eigenvalue weighted by Gasteiger charge is -2.09. The predicted octanol–water partition coefficient (Wildman–Crippen LogP) is 1.07. The van der Waals surface area contributed by atoms with Crippen molar-refractivity contribution in [3.8, 4) is 0 Å². The van der Waals surface area contributed by atoms with Gasteiger partial charge >= 0.3 is 5.97 Å². The smallest absolute Gasteiger partial charge is 0.303 e. The van der Waals surface area contributed by atoms with Crippen LogP contribution in [-0.4, -0.2) is 32.2 Å². The largest absolute Gasteiger partial charge is 0.481 e.